The summed E-state index contributed by atoms with van der Waals surface area (Å²) >= 11 is 5.94. The van der Waals surface area contributed by atoms with Crippen molar-refractivity contribution < 1.29 is 9.53 Å². The van der Waals surface area contributed by atoms with Gasteiger partial charge >= 0.3 is 0 Å². The van der Waals surface area contributed by atoms with E-state index in [9.17, 15) is 4.79 Å². The highest BCUT2D eigenvalue weighted by Crippen LogP contribution is 2.29. The Hall–Kier alpha value is -1.73. The summed E-state index contributed by atoms with van der Waals surface area (Å²) in [7, 11) is 1.53. The molecule has 0 aliphatic carbocycles. The summed E-state index contributed by atoms with van der Waals surface area (Å²) in [5.74, 6) is 0.547. The lowest BCUT2D eigenvalue weighted by Crippen LogP contribution is -2.25. The van der Waals surface area contributed by atoms with Crippen molar-refractivity contribution in [3.8, 4) is 11.8 Å². The van der Waals surface area contributed by atoms with Crippen molar-refractivity contribution in [2.45, 2.75) is 11.8 Å². The van der Waals surface area contributed by atoms with Crippen LogP contribution in [0.15, 0.2) is 18.2 Å². The van der Waals surface area contributed by atoms with E-state index >= 15 is 0 Å². The molecule has 2 rings (SSSR count). The average Bonchev–Trinajstić information content (AvgIpc) is 2.67. The number of rotatable bonds is 2. The fourth-order valence-corrected chi connectivity index (χ4v) is 2.13. The number of hydrogen-bond donors (Lipinski definition) is 0. The highest BCUT2D eigenvalue weighted by Gasteiger charge is 2.30. The molecule has 0 spiro atoms. The van der Waals surface area contributed by atoms with Crippen LogP contribution >= 0.6 is 11.6 Å². The van der Waals surface area contributed by atoms with E-state index in [1.807, 2.05) is 0 Å². The lowest BCUT2D eigenvalue weighted by molar-refractivity contribution is -0.117. The molecule has 1 amide bonds. The van der Waals surface area contributed by atoms with Gasteiger partial charge in [0.2, 0.25) is 5.91 Å². The van der Waals surface area contributed by atoms with Gasteiger partial charge in [0.05, 0.1) is 23.7 Å². The minimum atomic E-state index is -0.184. The first-order valence-electron chi connectivity index (χ1n) is 5.18. The monoisotopic (exact) mass is 250 g/mol. The van der Waals surface area contributed by atoms with E-state index in [-0.39, 0.29) is 11.3 Å². The molecule has 1 aliphatic heterocycles. The Morgan fingerprint density at radius 3 is 2.88 bits per heavy atom. The Bertz CT molecular complexity index is 496. The van der Waals surface area contributed by atoms with Crippen molar-refractivity contribution in [1.82, 2.24) is 0 Å². The van der Waals surface area contributed by atoms with E-state index in [1.54, 1.807) is 23.1 Å². The molecule has 1 fully saturated rings. The minimum absolute atomic E-state index is 0.0494. The molecule has 0 N–H and O–H groups in total. The molecule has 1 saturated heterocycles. The van der Waals surface area contributed by atoms with Gasteiger partial charge in [-0.2, -0.15) is 5.26 Å². The molecular weight excluding hydrogens is 240 g/mol. The van der Waals surface area contributed by atoms with Crippen molar-refractivity contribution in [2.24, 2.45) is 0 Å². The van der Waals surface area contributed by atoms with Gasteiger partial charge in [-0.05, 0) is 18.2 Å². The van der Waals surface area contributed by atoms with E-state index in [4.69, 9.17) is 21.6 Å². The second-order valence-electron chi connectivity index (χ2n) is 3.80. The van der Waals surface area contributed by atoms with Crippen LogP contribution in [0.1, 0.15) is 12.0 Å². The molecule has 0 aromatic heterocycles. The molecule has 1 aliphatic rings. The number of nitriles is 1. The molecule has 0 saturated carbocycles. The molecule has 0 bridgehead atoms. The molecular formula is C12H11ClN2O2. The van der Waals surface area contributed by atoms with Gasteiger partial charge in [0, 0.05) is 13.0 Å². The summed E-state index contributed by atoms with van der Waals surface area (Å²) in [4.78, 5) is 13.3. The number of hydrogen-bond acceptors (Lipinski definition) is 3. The molecule has 88 valence electrons. The van der Waals surface area contributed by atoms with Crippen LogP contribution in [0.5, 0.6) is 5.75 Å². The van der Waals surface area contributed by atoms with Crippen LogP contribution in [0.25, 0.3) is 0 Å². The number of carbonyl (C=O) groups excluding carboxylic acids is 1. The van der Waals surface area contributed by atoms with Gasteiger partial charge in [-0.1, -0.05) is 0 Å². The van der Waals surface area contributed by atoms with Crippen molar-refractivity contribution in [2.75, 3.05) is 18.6 Å². The Balaban J connectivity index is 2.39. The van der Waals surface area contributed by atoms with Crippen LogP contribution in [0, 0.1) is 11.3 Å². The number of halogens is 1. The number of anilines is 1. The van der Waals surface area contributed by atoms with Gasteiger partial charge in [-0.15, -0.1) is 11.6 Å². The van der Waals surface area contributed by atoms with Crippen molar-refractivity contribution in [3.63, 3.8) is 0 Å². The first-order chi connectivity index (χ1) is 8.15. The van der Waals surface area contributed by atoms with E-state index in [1.165, 1.54) is 7.11 Å². The number of ether oxygens (including phenoxy) is 1. The summed E-state index contributed by atoms with van der Waals surface area (Å²) in [5, 5.41) is 8.89. The lowest BCUT2D eigenvalue weighted by Gasteiger charge is -2.17. The number of carbonyl (C=O) groups is 1. The van der Waals surface area contributed by atoms with E-state index in [0.717, 1.165) is 0 Å². The summed E-state index contributed by atoms with van der Waals surface area (Å²) in [6.07, 6.45) is 0.318. The molecule has 0 radical (unpaired) electrons. The highest BCUT2D eigenvalue weighted by atomic mass is 35.5. The first-order valence-corrected chi connectivity index (χ1v) is 5.62. The molecule has 1 heterocycles. The summed E-state index contributed by atoms with van der Waals surface area (Å²) < 4.78 is 5.04. The zero-order chi connectivity index (χ0) is 12.4. The fourth-order valence-electron chi connectivity index (χ4n) is 1.86. The standard InChI is InChI=1S/C12H11ClN2O2/c1-17-10-2-3-11(8(4-10)6-14)15-7-9(13)5-12(15)16/h2-4,9H,5,7H2,1H3. The molecule has 1 atom stereocenters. The second kappa shape index (κ2) is 4.64. The Morgan fingerprint density at radius 2 is 2.35 bits per heavy atom. The third kappa shape index (κ3) is 2.20. The van der Waals surface area contributed by atoms with Gasteiger partial charge < -0.3 is 9.64 Å². The molecule has 5 heteroatoms. The summed E-state index contributed by atoms with van der Waals surface area (Å²) in [6.45, 7) is 0.446. The molecule has 1 aromatic rings. The quantitative estimate of drug-likeness (QED) is 0.754. The SMILES string of the molecule is COc1ccc(N2CC(Cl)CC2=O)c(C#N)c1. The van der Waals surface area contributed by atoms with Gasteiger partial charge in [-0.25, -0.2) is 0 Å². The zero-order valence-electron chi connectivity index (χ0n) is 9.31. The van der Waals surface area contributed by atoms with Gasteiger partial charge in [0.1, 0.15) is 11.8 Å². The topological polar surface area (TPSA) is 53.3 Å². The Kier molecular flexibility index (Phi) is 3.21. The van der Waals surface area contributed by atoms with Gasteiger partial charge in [0.25, 0.3) is 0 Å². The zero-order valence-corrected chi connectivity index (χ0v) is 10.1. The maximum atomic E-state index is 11.7. The Morgan fingerprint density at radius 1 is 1.59 bits per heavy atom. The summed E-state index contributed by atoms with van der Waals surface area (Å²) in [6, 6.07) is 7.12. The predicted molar refractivity (Wildman–Crippen MR) is 64.3 cm³/mol. The van der Waals surface area contributed by atoms with Gasteiger partial charge in [-0.3, -0.25) is 4.79 Å². The van der Waals surface area contributed by atoms with Crippen LogP contribution in [0.3, 0.4) is 0 Å². The van der Waals surface area contributed by atoms with Crippen molar-refractivity contribution in [1.29, 1.82) is 5.26 Å². The van der Waals surface area contributed by atoms with Crippen LogP contribution in [-0.2, 0) is 4.79 Å². The third-order valence-electron chi connectivity index (χ3n) is 2.69. The maximum absolute atomic E-state index is 11.7. The Labute approximate surface area is 104 Å². The van der Waals surface area contributed by atoms with Crippen molar-refractivity contribution in [3.05, 3.63) is 23.8 Å². The summed E-state index contributed by atoms with van der Waals surface area (Å²) in [5.41, 5.74) is 1.02. The maximum Gasteiger partial charge on any atom is 0.228 e. The molecule has 1 aromatic carbocycles. The smallest absolute Gasteiger partial charge is 0.228 e. The molecule has 4 nitrogen and oxygen atoms in total. The van der Waals surface area contributed by atoms with E-state index < -0.39 is 0 Å². The molecule has 1 unspecified atom stereocenters. The van der Waals surface area contributed by atoms with E-state index in [0.29, 0.717) is 30.0 Å². The lowest BCUT2D eigenvalue weighted by atomic mass is 10.1. The third-order valence-corrected chi connectivity index (χ3v) is 2.99. The number of alkyl halides is 1. The highest BCUT2D eigenvalue weighted by molar-refractivity contribution is 6.24. The second-order valence-corrected chi connectivity index (χ2v) is 4.42. The predicted octanol–water partition coefficient (Wildman–Crippen LogP) is 1.91. The number of benzene rings is 1. The van der Waals surface area contributed by atoms with Crippen LogP contribution in [0.4, 0.5) is 5.69 Å². The normalized spacial score (nSPS) is 19.2. The number of methoxy groups -OCH3 is 1. The largest absolute Gasteiger partial charge is 0.497 e. The van der Waals surface area contributed by atoms with Crippen LogP contribution in [0.2, 0.25) is 0 Å². The van der Waals surface area contributed by atoms with Crippen LogP contribution in [-0.4, -0.2) is 24.9 Å². The number of nitrogens with zero attached hydrogens (tertiary/aromatic N) is 2. The van der Waals surface area contributed by atoms with Crippen molar-refractivity contribution >= 4 is 23.2 Å². The fraction of sp³-hybridized carbons (Fsp3) is 0.333. The average molecular weight is 251 g/mol. The number of amides is 1. The first kappa shape index (κ1) is 11.7. The minimum Gasteiger partial charge on any atom is -0.497 e. The molecule has 17 heavy (non-hydrogen) atoms. The van der Waals surface area contributed by atoms with Gasteiger partial charge in [0.15, 0.2) is 0 Å². The van der Waals surface area contributed by atoms with Crippen LogP contribution < -0.4 is 9.64 Å². The van der Waals surface area contributed by atoms with E-state index in [2.05, 4.69) is 6.07 Å².